The van der Waals surface area contributed by atoms with Crippen molar-refractivity contribution in [3.05, 3.63) is 117 Å². The molecule has 1 aromatic heterocycles. The number of rotatable bonds is 5. The predicted molar refractivity (Wildman–Crippen MR) is 136 cm³/mol. The molecule has 1 heterocycles. The number of amides is 1. The van der Waals surface area contributed by atoms with Crippen LogP contribution in [0.1, 0.15) is 55.5 Å². The normalized spacial score (nSPS) is 14.1. The Morgan fingerprint density at radius 2 is 1.86 bits per heavy atom. The third-order valence-electron chi connectivity index (χ3n) is 6.52. The van der Waals surface area contributed by atoms with Crippen LogP contribution in [-0.4, -0.2) is 16.0 Å². The van der Waals surface area contributed by atoms with Gasteiger partial charge in [-0.25, -0.2) is 9.37 Å². The number of nitrogen functional groups attached to an aromatic ring is 1. The lowest BCUT2D eigenvalue weighted by molar-refractivity contribution is 0.0950. The number of pyridine rings is 1. The summed E-state index contributed by atoms with van der Waals surface area (Å²) < 4.78 is 19.3. The number of carbonyl (C=O) groups excluding carboxylic acids is 1. The smallest absolute Gasteiger partial charge is 0.251 e. The number of nitrogens with one attached hydrogen (secondary N) is 1. The van der Waals surface area contributed by atoms with Crippen LogP contribution in [0.25, 0.3) is 0 Å². The molecule has 0 aliphatic heterocycles. The Morgan fingerprint density at radius 1 is 1.06 bits per heavy atom. The first-order chi connectivity index (χ1) is 17.3. The van der Waals surface area contributed by atoms with Crippen molar-refractivity contribution in [2.45, 2.75) is 32.9 Å². The molecule has 0 saturated carbocycles. The van der Waals surface area contributed by atoms with Gasteiger partial charge < -0.3 is 20.9 Å². The zero-order valence-electron chi connectivity index (χ0n) is 20.0. The van der Waals surface area contributed by atoms with E-state index in [-0.39, 0.29) is 11.7 Å². The minimum absolute atomic E-state index is 0.201. The molecule has 0 bridgehead atoms. The number of aryl methyl sites for hydroxylation is 2. The second kappa shape index (κ2) is 9.43. The number of carbonyl (C=O) groups is 1. The van der Waals surface area contributed by atoms with Crippen LogP contribution in [-0.2, 0) is 13.0 Å². The number of fused-ring (bicyclic) bond motifs is 2. The summed E-state index contributed by atoms with van der Waals surface area (Å²) in [6, 6.07) is 18.5. The molecule has 0 spiro atoms. The van der Waals surface area contributed by atoms with Gasteiger partial charge in [-0.1, -0.05) is 18.2 Å². The van der Waals surface area contributed by atoms with Gasteiger partial charge in [-0.15, -0.1) is 0 Å². The van der Waals surface area contributed by atoms with Crippen molar-refractivity contribution >= 4 is 11.7 Å². The lowest BCUT2D eigenvalue weighted by Gasteiger charge is -2.26. The maximum absolute atomic E-state index is 13.5. The van der Waals surface area contributed by atoms with Crippen LogP contribution in [0.4, 0.5) is 10.2 Å². The molecule has 182 valence electrons. The molecule has 3 aromatic carbocycles. The van der Waals surface area contributed by atoms with Crippen molar-refractivity contribution < 1.29 is 19.0 Å². The molecule has 0 unspecified atom stereocenters. The minimum Gasteiger partial charge on any atom is -0.457 e. The Bertz CT molecular complexity index is 1460. The number of nitrogens with two attached hydrogens (primary N) is 1. The molecule has 1 aliphatic carbocycles. The molecule has 6 nitrogen and oxygen atoms in total. The van der Waals surface area contributed by atoms with E-state index in [4.69, 9.17) is 10.5 Å². The van der Waals surface area contributed by atoms with Gasteiger partial charge in [-0.05, 0) is 96.1 Å². The fraction of sp³-hybridized carbons (Fsp3) is 0.172. The molecule has 4 N–H and O–H groups in total. The first-order valence-electron chi connectivity index (χ1n) is 11.7. The molecule has 7 heteroatoms. The first kappa shape index (κ1) is 23.5. The standard InChI is InChI=1S/C29H26FN3O3/c1-16-10-27(31)33-17(2)26(16)15-32-29(35)19-7-9-24-20(12-19)11-18-6-8-23(14-25(18)28(24)34)36-22-5-3-4-21(30)13-22/h3-10,12-14,28,34H,11,15H2,1-2H3,(H2,31,33)(H,32,35)/t28-/m1/s1. The molecule has 0 radical (unpaired) electrons. The van der Waals surface area contributed by atoms with Crippen LogP contribution < -0.4 is 15.8 Å². The summed E-state index contributed by atoms with van der Waals surface area (Å²) in [6.07, 6.45) is -0.286. The zero-order valence-corrected chi connectivity index (χ0v) is 20.0. The number of halogens is 1. The number of hydrogen-bond acceptors (Lipinski definition) is 5. The number of ether oxygens (including phenoxy) is 1. The van der Waals surface area contributed by atoms with E-state index in [0.717, 1.165) is 39.1 Å². The SMILES string of the molecule is Cc1cc(N)nc(C)c1CNC(=O)c1ccc2c(c1)Cc1ccc(Oc3cccc(F)c3)cc1[C@@H]2O. The Labute approximate surface area is 208 Å². The average Bonchev–Trinajstić information content (AvgIpc) is 2.83. The highest BCUT2D eigenvalue weighted by molar-refractivity contribution is 5.94. The molecule has 1 atom stereocenters. The summed E-state index contributed by atoms with van der Waals surface area (Å²) in [4.78, 5) is 17.2. The number of aliphatic hydroxyl groups is 1. The minimum atomic E-state index is -0.858. The monoisotopic (exact) mass is 483 g/mol. The third-order valence-corrected chi connectivity index (χ3v) is 6.52. The fourth-order valence-corrected chi connectivity index (χ4v) is 4.68. The highest BCUT2D eigenvalue weighted by Gasteiger charge is 2.25. The van der Waals surface area contributed by atoms with E-state index in [2.05, 4.69) is 10.3 Å². The second-order valence-electron chi connectivity index (χ2n) is 9.02. The average molecular weight is 484 g/mol. The molecule has 4 aromatic rings. The van der Waals surface area contributed by atoms with E-state index in [0.29, 0.717) is 35.8 Å². The maximum Gasteiger partial charge on any atom is 0.251 e. The highest BCUT2D eigenvalue weighted by Crippen LogP contribution is 2.38. The summed E-state index contributed by atoms with van der Waals surface area (Å²) >= 11 is 0. The van der Waals surface area contributed by atoms with Gasteiger partial charge in [0.2, 0.25) is 0 Å². The molecule has 5 rings (SSSR count). The Kier molecular flexibility index (Phi) is 6.16. The van der Waals surface area contributed by atoms with Gasteiger partial charge in [0.25, 0.3) is 5.91 Å². The number of benzene rings is 3. The van der Waals surface area contributed by atoms with Gasteiger partial charge in [0.05, 0.1) is 0 Å². The lowest BCUT2D eigenvalue weighted by Crippen LogP contribution is -2.24. The summed E-state index contributed by atoms with van der Waals surface area (Å²) in [7, 11) is 0. The maximum atomic E-state index is 13.5. The summed E-state index contributed by atoms with van der Waals surface area (Å²) in [5.74, 6) is 0.778. The van der Waals surface area contributed by atoms with Gasteiger partial charge in [0.15, 0.2) is 0 Å². The van der Waals surface area contributed by atoms with Gasteiger partial charge in [-0.3, -0.25) is 4.79 Å². The number of hydrogen-bond donors (Lipinski definition) is 3. The van der Waals surface area contributed by atoms with Crippen LogP contribution in [0.15, 0.2) is 66.7 Å². The van der Waals surface area contributed by atoms with Crippen molar-refractivity contribution in [1.82, 2.24) is 10.3 Å². The lowest BCUT2D eigenvalue weighted by atomic mass is 9.83. The first-order valence-corrected chi connectivity index (χ1v) is 11.7. The van der Waals surface area contributed by atoms with Gasteiger partial charge in [0.1, 0.15) is 29.2 Å². The summed E-state index contributed by atoms with van der Waals surface area (Å²) in [5, 5.41) is 14.0. The molecular formula is C29H26FN3O3. The molecule has 0 saturated heterocycles. The van der Waals surface area contributed by atoms with Gasteiger partial charge in [-0.2, -0.15) is 0 Å². The van der Waals surface area contributed by atoms with Crippen LogP contribution >= 0.6 is 0 Å². The molecule has 1 amide bonds. The number of aliphatic hydroxyl groups excluding tert-OH is 1. The number of nitrogens with zero attached hydrogens (tertiary/aromatic N) is 1. The van der Waals surface area contributed by atoms with Crippen molar-refractivity contribution in [2.75, 3.05) is 5.73 Å². The van der Waals surface area contributed by atoms with Crippen LogP contribution in [0, 0.1) is 19.7 Å². The van der Waals surface area contributed by atoms with Crippen molar-refractivity contribution in [1.29, 1.82) is 0 Å². The molecule has 1 aliphatic rings. The van der Waals surface area contributed by atoms with Gasteiger partial charge >= 0.3 is 0 Å². The summed E-state index contributed by atoms with van der Waals surface area (Å²) in [6.45, 7) is 4.16. The molecule has 36 heavy (non-hydrogen) atoms. The Morgan fingerprint density at radius 3 is 2.64 bits per heavy atom. The molecular weight excluding hydrogens is 457 g/mol. The third kappa shape index (κ3) is 4.65. The van der Waals surface area contributed by atoms with Crippen molar-refractivity contribution in [2.24, 2.45) is 0 Å². The van der Waals surface area contributed by atoms with E-state index in [9.17, 15) is 14.3 Å². The van der Waals surface area contributed by atoms with E-state index in [1.54, 1.807) is 42.5 Å². The molecule has 0 fully saturated rings. The van der Waals surface area contributed by atoms with Crippen LogP contribution in [0.5, 0.6) is 11.5 Å². The van der Waals surface area contributed by atoms with Crippen LogP contribution in [0.2, 0.25) is 0 Å². The van der Waals surface area contributed by atoms with E-state index in [1.165, 1.54) is 12.1 Å². The van der Waals surface area contributed by atoms with Gasteiger partial charge in [0, 0.05) is 23.9 Å². The highest BCUT2D eigenvalue weighted by atomic mass is 19.1. The number of aromatic nitrogens is 1. The van der Waals surface area contributed by atoms with E-state index < -0.39 is 6.10 Å². The zero-order chi connectivity index (χ0) is 25.4. The Balaban J connectivity index is 1.33. The number of anilines is 1. The second-order valence-corrected chi connectivity index (χ2v) is 9.02. The predicted octanol–water partition coefficient (Wildman–Crippen LogP) is 5.13. The topological polar surface area (TPSA) is 97.5 Å². The van der Waals surface area contributed by atoms with E-state index in [1.807, 2.05) is 26.0 Å². The van der Waals surface area contributed by atoms with Crippen LogP contribution in [0.3, 0.4) is 0 Å². The quantitative estimate of drug-likeness (QED) is 0.366. The fourth-order valence-electron chi connectivity index (χ4n) is 4.68. The van der Waals surface area contributed by atoms with Crippen molar-refractivity contribution in [3.8, 4) is 11.5 Å². The van der Waals surface area contributed by atoms with Crippen molar-refractivity contribution in [3.63, 3.8) is 0 Å². The largest absolute Gasteiger partial charge is 0.457 e. The summed E-state index contributed by atoms with van der Waals surface area (Å²) in [5.41, 5.74) is 12.3. The Hall–Kier alpha value is -4.23. The van der Waals surface area contributed by atoms with E-state index >= 15 is 0 Å².